The predicted octanol–water partition coefficient (Wildman–Crippen LogP) is 3.37. The van der Waals surface area contributed by atoms with Crippen molar-refractivity contribution in [2.45, 2.75) is 0 Å². The first kappa shape index (κ1) is 19.5. The van der Waals surface area contributed by atoms with Gasteiger partial charge in [-0.2, -0.15) is 0 Å². The van der Waals surface area contributed by atoms with Crippen LogP contribution in [0.5, 0.6) is 0 Å². The van der Waals surface area contributed by atoms with Crippen LogP contribution in [0.2, 0.25) is 0 Å². The summed E-state index contributed by atoms with van der Waals surface area (Å²) in [4.78, 5) is 12.4. The summed E-state index contributed by atoms with van der Waals surface area (Å²) >= 11 is 4.52. The van der Waals surface area contributed by atoms with E-state index >= 15 is 0 Å². The molecular weight excluding hydrogens is 452 g/mol. The van der Waals surface area contributed by atoms with Gasteiger partial charge in [-0.05, 0) is 24.3 Å². The molecule has 0 saturated heterocycles. The third kappa shape index (κ3) is 5.12. The Kier molecular flexibility index (Phi) is 5.88. The summed E-state index contributed by atoms with van der Waals surface area (Å²) in [6, 6.07) is 16.1. The molecule has 10 heteroatoms. The highest BCUT2D eigenvalue weighted by molar-refractivity contribution is 9.10. The van der Waals surface area contributed by atoms with Crippen LogP contribution in [-0.4, -0.2) is 37.3 Å². The molecule has 27 heavy (non-hydrogen) atoms. The largest absolute Gasteiger partial charge is 0.299 e. The van der Waals surface area contributed by atoms with Gasteiger partial charge in [0.05, 0.1) is 11.9 Å². The number of aromatic nitrogens is 2. The fourth-order valence-electron chi connectivity index (χ4n) is 2.27. The van der Waals surface area contributed by atoms with Crippen LogP contribution in [0.3, 0.4) is 0 Å². The Hall–Kier alpha value is -2.30. The molecular formula is C17H15BrN4O3S2. The van der Waals surface area contributed by atoms with Gasteiger partial charge >= 0.3 is 0 Å². The first-order chi connectivity index (χ1) is 12.8. The van der Waals surface area contributed by atoms with Gasteiger partial charge in [0, 0.05) is 10.0 Å². The molecule has 1 heterocycles. The number of amides is 1. The van der Waals surface area contributed by atoms with Crippen molar-refractivity contribution in [3.05, 3.63) is 59.1 Å². The standard InChI is InChI=1S/C17H15BrN4O3S2/c1-27(24,25)22(14-9-7-13(18)8-10-14)11-15(23)19-17-21-20-16(26-17)12-5-3-2-4-6-12/h2-10H,11H2,1H3,(H,19,21,23). The fraction of sp³-hybridized carbons (Fsp3) is 0.118. The molecule has 1 amide bonds. The molecule has 0 bridgehead atoms. The summed E-state index contributed by atoms with van der Waals surface area (Å²) in [6.45, 7) is -0.360. The second kappa shape index (κ2) is 8.15. The first-order valence-electron chi connectivity index (χ1n) is 7.75. The molecule has 0 radical (unpaired) electrons. The number of hydrogen-bond acceptors (Lipinski definition) is 6. The Labute approximate surface area is 169 Å². The summed E-state index contributed by atoms with van der Waals surface area (Å²) < 4.78 is 26.1. The van der Waals surface area contributed by atoms with Gasteiger partial charge in [-0.25, -0.2) is 8.42 Å². The van der Waals surface area contributed by atoms with Crippen molar-refractivity contribution in [1.82, 2.24) is 10.2 Å². The molecule has 7 nitrogen and oxygen atoms in total. The molecule has 0 aliphatic carbocycles. The molecule has 0 fully saturated rings. The number of nitrogens with zero attached hydrogens (tertiary/aromatic N) is 3. The molecule has 0 unspecified atom stereocenters. The minimum atomic E-state index is -3.63. The van der Waals surface area contributed by atoms with Gasteiger partial charge in [-0.3, -0.25) is 14.4 Å². The van der Waals surface area contributed by atoms with E-state index < -0.39 is 15.9 Å². The molecule has 0 aliphatic heterocycles. The molecule has 0 saturated carbocycles. The van der Waals surface area contributed by atoms with Crippen molar-refractivity contribution < 1.29 is 13.2 Å². The number of anilines is 2. The topological polar surface area (TPSA) is 92.3 Å². The molecule has 3 rings (SSSR count). The van der Waals surface area contributed by atoms with Gasteiger partial charge in [0.2, 0.25) is 21.1 Å². The highest BCUT2D eigenvalue weighted by Crippen LogP contribution is 2.26. The van der Waals surface area contributed by atoms with E-state index in [1.807, 2.05) is 30.3 Å². The summed E-state index contributed by atoms with van der Waals surface area (Å²) in [5.74, 6) is -0.501. The van der Waals surface area contributed by atoms with Crippen molar-refractivity contribution in [2.75, 3.05) is 22.4 Å². The Morgan fingerprint density at radius 3 is 2.41 bits per heavy atom. The van der Waals surface area contributed by atoms with E-state index in [1.165, 1.54) is 11.3 Å². The summed E-state index contributed by atoms with van der Waals surface area (Å²) in [6.07, 6.45) is 1.06. The quantitative estimate of drug-likeness (QED) is 0.600. The molecule has 3 aromatic rings. The van der Waals surface area contributed by atoms with Crippen LogP contribution in [0.25, 0.3) is 10.6 Å². The van der Waals surface area contributed by atoms with E-state index in [0.29, 0.717) is 15.8 Å². The molecule has 0 atom stereocenters. The van der Waals surface area contributed by atoms with Crippen LogP contribution in [-0.2, 0) is 14.8 Å². The third-order valence-corrected chi connectivity index (χ3v) is 6.05. The predicted molar refractivity (Wildman–Crippen MR) is 110 cm³/mol. The van der Waals surface area contributed by atoms with Crippen LogP contribution < -0.4 is 9.62 Å². The molecule has 1 aromatic heterocycles. The first-order valence-corrected chi connectivity index (χ1v) is 11.2. The van der Waals surface area contributed by atoms with E-state index in [4.69, 9.17) is 0 Å². The van der Waals surface area contributed by atoms with E-state index in [1.54, 1.807) is 24.3 Å². The third-order valence-electron chi connectivity index (χ3n) is 3.49. The maximum absolute atomic E-state index is 12.4. The Morgan fingerprint density at radius 2 is 1.78 bits per heavy atom. The van der Waals surface area contributed by atoms with Gasteiger partial charge in [0.25, 0.3) is 0 Å². The number of halogens is 1. The maximum atomic E-state index is 12.4. The van der Waals surface area contributed by atoms with Crippen LogP contribution in [0.15, 0.2) is 59.1 Å². The highest BCUT2D eigenvalue weighted by atomic mass is 79.9. The lowest BCUT2D eigenvalue weighted by atomic mass is 10.2. The van der Waals surface area contributed by atoms with Crippen LogP contribution in [0, 0.1) is 0 Å². The second-order valence-corrected chi connectivity index (χ2v) is 9.37. The number of rotatable bonds is 6. The summed E-state index contributed by atoms with van der Waals surface area (Å²) in [5, 5.41) is 11.6. The molecule has 1 N–H and O–H groups in total. The summed E-state index contributed by atoms with van der Waals surface area (Å²) in [7, 11) is -3.63. The zero-order chi connectivity index (χ0) is 19.4. The Morgan fingerprint density at radius 1 is 1.11 bits per heavy atom. The lowest BCUT2D eigenvalue weighted by Gasteiger charge is -2.21. The molecule has 0 aliphatic rings. The minimum Gasteiger partial charge on any atom is -0.299 e. The lowest BCUT2D eigenvalue weighted by molar-refractivity contribution is -0.114. The van der Waals surface area contributed by atoms with Crippen LogP contribution in [0.1, 0.15) is 0 Å². The van der Waals surface area contributed by atoms with Crippen molar-refractivity contribution in [3.8, 4) is 10.6 Å². The lowest BCUT2D eigenvalue weighted by Crippen LogP contribution is -2.37. The second-order valence-electron chi connectivity index (χ2n) is 5.57. The normalized spacial score (nSPS) is 11.2. The van der Waals surface area contributed by atoms with Crippen molar-refractivity contribution in [1.29, 1.82) is 0 Å². The fourth-order valence-corrected chi connectivity index (χ4v) is 4.15. The number of nitrogens with one attached hydrogen (secondary N) is 1. The van der Waals surface area contributed by atoms with Crippen molar-refractivity contribution in [2.24, 2.45) is 0 Å². The SMILES string of the molecule is CS(=O)(=O)N(CC(=O)Nc1nnc(-c2ccccc2)s1)c1ccc(Br)cc1. The maximum Gasteiger partial charge on any atom is 0.246 e. The molecule has 140 valence electrons. The number of carbonyl (C=O) groups is 1. The van der Waals surface area contributed by atoms with Gasteiger partial charge < -0.3 is 0 Å². The zero-order valence-corrected chi connectivity index (χ0v) is 17.4. The van der Waals surface area contributed by atoms with E-state index in [0.717, 1.165) is 20.6 Å². The smallest absolute Gasteiger partial charge is 0.246 e. The van der Waals surface area contributed by atoms with Crippen LogP contribution >= 0.6 is 27.3 Å². The number of hydrogen-bond donors (Lipinski definition) is 1. The Balaban J connectivity index is 1.73. The van der Waals surface area contributed by atoms with E-state index in [2.05, 4.69) is 31.4 Å². The zero-order valence-electron chi connectivity index (χ0n) is 14.2. The average Bonchev–Trinajstić information content (AvgIpc) is 3.09. The van der Waals surface area contributed by atoms with Gasteiger partial charge in [-0.1, -0.05) is 57.6 Å². The van der Waals surface area contributed by atoms with Gasteiger partial charge in [0.1, 0.15) is 11.6 Å². The van der Waals surface area contributed by atoms with E-state index in [-0.39, 0.29) is 6.54 Å². The molecule has 0 spiro atoms. The van der Waals surface area contributed by atoms with Crippen LogP contribution in [0.4, 0.5) is 10.8 Å². The summed E-state index contributed by atoms with van der Waals surface area (Å²) in [5.41, 5.74) is 1.29. The average molecular weight is 467 g/mol. The number of carbonyl (C=O) groups excluding carboxylic acids is 1. The molecule has 2 aromatic carbocycles. The Bertz CT molecular complexity index is 1040. The van der Waals surface area contributed by atoms with Gasteiger partial charge in [0.15, 0.2) is 0 Å². The number of benzene rings is 2. The van der Waals surface area contributed by atoms with Crippen molar-refractivity contribution >= 4 is 54.0 Å². The van der Waals surface area contributed by atoms with E-state index in [9.17, 15) is 13.2 Å². The minimum absolute atomic E-state index is 0.308. The number of sulfonamides is 1. The van der Waals surface area contributed by atoms with Gasteiger partial charge in [-0.15, -0.1) is 10.2 Å². The monoisotopic (exact) mass is 466 g/mol. The van der Waals surface area contributed by atoms with Crippen molar-refractivity contribution in [3.63, 3.8) is 0 Å². The highest BCUT2D eigenvalue weighted by Gasteiger charge is 2.21.